The zero-order valence-electron chi connectivity index (χ0n) is 8.78. The fourth-order valence-electron chi connectivity index (χ4n) is 1.64. The lowest BCUT2D eigenvalue weighted by molar-refractivity contribution is 0.0695. The molecule has 1 aromatic carbocycles. The summed E-state index contributed by atoms with van der Waals surface area (Å²) in [6.45, 7) is 0.544. The smallest absolute Gasteiger partial charge is 0.335 e. The van der Waals surface area contributed by atoms with Crippen LogP contribution in [0.25, 0.3) is 0 Å². The number of carbonyl (C=O) groups is 1. The lowest BCUT2D eigenvalue weighted by atomic mass is 9.86. The quantitative estimate of drug-likeness (QED) is 0.855. The third kappa shape index (κ3) is 2.51. The Labute approximate surface area is 92.9 Å². The molecule has 3 nitrogen and oxygen atoms in total. The number of rotatable bonds is 4. The van der Waals surface area contributed by atoms with E-state index in [0.717, 1.165) is 18.9 Å². The first-order valence-electron chi connectivity index (χ1n) is 5.32. The Morgan fingerprint density at radius 1 is 1.44 bits per heavy atom. The molecule has 0 saturated heterocycles. The van der Waals surface area contributed by atoms with Gasteiger partial charge in [0.15, 0.2) is 0 Å². The summed E-state index contributed by atoms with van der Waals surface area (Å²) < 4.78 is 18.4. The van der Waals surface area contributed by atoms with Gasteiger partial charge in [-0.1, -0.05) is 6.42 Å². The van der Waals surface area contributed by atoms with E-state index in [4.69, 9.17) is 9.84 Å². The molecule has 0 aromatic heterocycles. The van der Waals surface area contributed by atoms with E-state index in [1.165, 1.54) is 18.6 Å². The molecule has 2 rings (SSSR count). The van der Waals surface area contributed by atoms with Crippen LogP contribution in [-0.4, -0.2) is 17.7 Å². The molecule has 0 radical (unpaired) electrons. The van der Waals surface area contributed by atoms with E-state index in [1.807, 2.05) is 0 Å². The Morgan fingerprint density at radius 3 is 2.75 bits per heavy atom. The Balaban J connectivity index is 2.04. The van der Waals surface area contributed by atoms with Gasteiger partial charge < -0.3 is 9.84 Å². The molecule has 1 saturated carbocycles. The van der Waals surface area contributed by atoms with Crippen molar-refractivity contribution in [2.75, 3.05) is 6.61 Å². The van der Waals surface area contributed by atoms with Gasteiger partial charge in [-0.2, -0.15) is 0 Å². The average Bonchev–Trinajstić information content (AvgIpc) is 2.14. The summed E-state index contributed by atoms with van der Waals surface area (Å²) in [5, 5.41) is 8.75. The highest BCUT2D eigenvalue weighted by molar-refractivity contribution is 5.88. The monoisotopic (exact) mass is 224 g/mol. The van der Waals surface area contributed by atoms with Crippen LogP contribution in [-0.2, 0) is 0 Å². The number of aromatic carboxylic acids is 1. The summed E-state index contributed by atoms with van der Waals surface area (Å²) >= 11 is 0. The highest BCUT2D eigenvalue weighted by Crippen LogP contribution is 2.27. The van der Waals surface area contributed by atoms with Crippen molar-refractivity contribution in [2.45, 2.75) is 19.3 Å². The van der Waals surface area contributed by atoms with Crippen LogP contribution >= 0.6 is 0 Å². The minimum Gasteiger partial charge on any atom is -0.493 e. The first-order valence-corrected chi connectivity index (χ1v) is 5.32. The molecule has 0 aliphatic heterocycles. The fraction of sp³-hybridized carbons (Fsp3) is 0.417. The summed E-state index contributed by atoms with van der Waals surface area (Å²) in [5.74, 6) is -0.891. The van der Waals surface area contributed by atoms with Gasteiger partial charge >= 0.3 is 5.97 Å². The maximum atomic E-state index is 13.1. The van der Waals surface area contributed by atoms with Crippen LogP contribution in [0.3, 0.4) is 0 Å². The van der Waals surface area contributed by atoms with Gasteiger partial charge in [-0.15, -0.1) is 0 Å². The summed E-state index contributed by atoms with van der Waals surface area (Å²) in [4.78, 5) is 10.7. The summed E-state index contributed by atoms with van der Waals surface area (Å²) in [6.07, 6.45) is 3.50. The number of carboxylic acids is 1. The number of hydrogen-bond donors (Lipinski definition) is 1. The Hall–Kier alpha value is -1.58. The van der Waals surface area contributed by atoms with E-state index in [1.54, 1.807) is 0 Å². The SMILES string of the molecule is O=C(O)c1cc(F)cc(OCC2CCC2)c1. The zero-order valence-corrected chi connectivity index (χ0v) is 8.78. The van der Waals surface area contributed by atoms with E-state index >= 15 is 0 Å². The molecule has 1 aliphatic carbocycles. The minimum atomic E-state index is -1.15. The Kier molecular flexibility index (Phi) is 3.08. The van der Waals surface area contributed by atoms with Gasteiger partial charge in [0.05, 0.1) is 12.2 Å². The number of ether oxygens (including phenoxy) is 1. The first-order chi connectivity index (χ1) is 7.65. The number of halogens is 1. The normalized spacial score (nSPS) is 15.6. The molecule has 0 spiro atoms. The molecule has 0 atom stereocenters. The molecular formula is C12H13FO3. The topological polar surface area (TPSA) is 46.5 Å². The summed E-state index contributed by atoms with van der Waals surface area (Å²) in [7, 11) is 0. The maximum Gasteiger partial charge on any atom is 0.335 e. The fourth-order valence-corrected chi connectivity index (χ4v) is 1.64. The van der Waals surface area contributed by atoms with Crippen molar-refractivity contribution < 1.29 is 19.0 Å². The van der Waals surface area contributed by atoms with Crippen LogP contribution in [0.2, 0.25) is 0 Å². The lowest BCUT2D eigenvalue weighted by Crippen LogP contribution is -2.19. The maximum absolute atomic E-state index is 13.1. The molecular weight excluding hydrogens is 211 g/mol. The molecule has 0 heterocycles. The molecule has 16 heavy (non-hydrogen) atoms. The molecule has 86 valence electrons. The van der Waals surface area contributed by atoms with E-state index in [2.05, 4.69) is 0 Å². The van der Waals surface area contributed by atoms with E-state index in [-0.39, 0.29) is 5.56 Å². The van der Waals surface area contributed by atoms with Gasteiger partial charge in [-0.05, 0) is 30.9 Å². The van der Waals surface area contributed by atoms with Crippen molar-refractivity contribution in [1.29, 1.82) is 0 Å². The van der Waals surface area contributed by atoms with Crippen LogP contribution in [0.1, 0.15) is 29.6 Å². The molecule has 4 heteroatoms. The standard InChI is InChI=1S/C12H13FO3/c13-10-4-9(12(14)15)5-11(6-10)16-7-8-2-1-3-8/h4-6,8H,1-3,7H2,(H,14,15). The molecule has 1 fully saturated rings. The van der Waals surface area contributed by atoms with Crippen LogP contribution in [0, 0.1) is 11.7 Å². The average molecular weight is 224 g/mol. The van der Waals surface area contributed by atoms with Gasteiger partial charge in [-0.3, -0.25) is 0 Å². The molecule has 0 bridgehead atoms. The van der Waals surface area contributed by atoms with E-state index < -0.39 is 11.8 Å². The number of benzene rings is 1. The Morgan fingerprint density at radius 2 is 2.19 bits per heavy atom. The number of hydrogen-bond acceptors (Lipinski definition) is 2. The third-order valence-corrected chi connectivity index (χ3v) is 2.83. The van der Waals surface area contributed by atoms with Gasteiger partial charge in [0, 0.05) is 6.07 Å². The highest BCUT2D eigenvalue weighted by Gasteiger charge is 2.18. The van der Waals surface area contributed by atoms with Crippen molar-refractivity contribution in [1.82, 2.24) is 0 Å². The second kappa shape index (κ2) is 4.51. The first kappa shape index (κ1) is 10.9. The van der Waals surface area contributed by atoms with Gasteiger partial charge in [0.1, 0.15) is 11.6 Å². The van der Waals surface area contributed by atoms with Crippen molar-refractivity contribution in [3.05, 3.63) is 29.6 Å². The van der Waals surface area contributed by atoms with Crippen LogP contribution < -0.4 is 4.74 Å². The predicted molar refractivity (Wildman–Crippen MR) is 56.2 cm³/mol. The van der Waals surface area contributed by atoms with E-state index in [9.17, 15) is 9.18 Å². The molecule has 1 aromatic rings. The third-order valence-electron chi connectivity index (χ3n) is 2.83. The second-order valence-electron chi connectivity index (χ2n) is 4.09. The largest absolute Gasteiger partial charge is 0.493 e. The van der Waals surface area contributed by atoms with Crippen LogP contribution in [0.15, 0.2) is 18.2 Å². The van der Waals surface area contributed by atoms with E-state index in [0.29, 0.717) is 18.3 Å². The molecule has 0 amide bonds. The second-order valence-corrected chi connectivity index (χ2v) is 4.09. The zero-order chi connectivity index (χ0) is 11.5. The highest BCUT2D eigenvalue weighted by atomic mass is 19.1. The summed E-state index contributed by atoms with van der Waals surface area (Å²) in [6, 6.07) is 3.55. The molecule has 0 unspecified atom stereocenters. The van der Waals surface area contributed by atoms with Crippen molar-refractivity contribution in [3.63, 3.8) is 0 Å². The van der Waals surface area contributed by atoms with Crippen molar-refractivity contribution in [2.24, 2.45) is 5.92 Å². The van der Waals surface area contributed by atoms with Crippen LogP contribution in [0.5, 0.6) is 5.75 Å². The van der Waals surface area contributed by atoms with Crippen molar-refractivity contribution in [3.8, 4) is 5.75 Å². The van der Waals surface area contributed by atoms with Gasteiger partial charge in [-0.25, -0.2) is 9.18 Å². The van der Waals surface area contributed by atoms with Gasteiger partial charge in [0.2, 0.25) is 0 Å². The molecule has 1 aliphatic rings. The predicted octanol–water partition coefficient (Wildman–Crippen LogP) is 2.70. The van der Waals surface area contributed by atoms with Crippen molar-refractivity contribution >= 4 is 5.97 Å². The lowest BCUT2D eigenvalue weighted by Gasteiger charge is -2.25. The number of carboxylic acid groups (broad SMARTS) is 1. The molecule has 1 N–H and O–H groups in total. The van der Waals surface area contributed by atoms with Crippen LogP contribution in [0.4, 0.5) is 4.39 Å². The summed E-state index contributed by atoms with van der Waals surface area (Å²) in [5.41, 5.74) is -0.0800. The Bertz CT molecular complexity index is 399. The minimum absolute atomic E-state index is 0.0800. The van der Waals surface area contributed by atoms with Gasteiger partial charge in [0.25, 0.3) is 0 Å².